The molecule has 0 saturated carbocycles. The molecular weight excluding hydrogens is 440 g/mol. The third kappa shape index (κ3) is 9.11. The van der Waals surface area contributed by atoms with Gasteiger partial charge in [0.2, 0.25) is 0 Å². The van der Waals surface area contributed by atoms with Crippen molar-refractivity contribution < 1.29 is 19.5 Å². The van der Waals surface area contributed by atoms with Gasteiger partial charge in [0.05, 0.1) is 18.0 Å². The summed E-state index contributed by atoms with van der Waals surface area (Å²) in [6.45, 7) is 0.880. The van der Waals surface area contributed by atoms with Gasteiger partial charge in [-0.05, 0) is 31.0 Å². The summed E-state index contributed by atoms with van der Waals surface area (Å²) in [6.07, 6.45) is 14.5. The smallest absolute Gasteiger partial charge is 0.323 e. The first-order valence-electron chi connectivity index (χ1n) is 13.2. The Morgan fingerprint density at radius 2 is 1.37 bits per heavy atom. The van der Waals surface area contributed by atoms with E-state index in [9.17, 15) is 4.79 Å². The first kappa shape index (κ1) is 26.9. The zero-order valence-electron chi connectivity index (χ0n) is 20.8. The topological polar surface area (TPSA) is 71.4 Å². The van der Waals surface area contributed by atoms with Gasteiger partial charge >= 0.3 is 6.02 Å². The second kappa shape index (κ2) is 16.1. The number of carbonyl (C=O) groups is 1. The maximum absolute atomic E-state index is 11.7. The molecule has 0 amide bonds. The molecule has 2 aromatic carbocycles. The second-order valence-corrected chi connectivity index (χ2v) is 9.06. The monoisotopic (exact) mass is 480 g/mol. The van der Waals surface area contributed by atoms with E-state index in [1.807, 2.05) is 54.6 Å². The van der Waals surface area contributed by atoms with E-state index >= 15 is 0 Å². The molecule has 0 aromatic heterocycles. The summed E-state index contributed by atoms with van der Waals surface area (Å²) in [7, 11) is 0. The molecule has 6 nitrogen and oxygen atoms in total. The lowest BCUT2D eigenvalue weighted by molar-refractivity contribution is -0.114. The predicted molar refractivity (Wildman–Crippen MR) is 141 cm³/mol. The first-order valence-corrected chi connectivity index (χ1v) is 13.2. The summed E-state index contributed by atoms with van der Waals surface area (Å²) in [5.41, 5.74) is 2.30. The summed E-state index contributed by atoms with van der Waals surface area (Å²) < 4.78 is 5.92. The number of aliphatic imine (C=N–C) groups is 1. The number of rotatable bonds is 17. The van der Waals surface area contributed by atoms with Crippen LogP contribution in [0.5, 0.6) is 0 Å². The number of hydrogen-bond donors (Lipinski definition) is 1. The highest BCUT2D eigenvalue weighted by Gasteiger charge is 2.28. The zero-order chi connectivity index (χ0) is 24.6. The van der Waals surface area contributed by atoms with Crippen molar-refractivity contribution in [3.05, 3.63) is 60.2 Å². The summed E-state index contributed by atoms with van der Waals surface area (Å²) in [6, 6.07) is 17.5. The number of para-hydroxylation sites is 2. The molecule has 1 aliphatic heterocycles. The lowest BCUT2D eigenvalue weighted by Crippen LogP contribution is -2.36. The van der Waals surface area contributed by atoms with Crippen molar-refractivity contribution in [3.8, 4) is 0 Å². The quantitative estimate of drug-likeness (QED) is 0.149. The molecule has 35 heavy (non-hydrogen) atoms. The minimum atomic E-state index is -0.700. The number of benzene rings is 2. The number of fused-ring (bicyclic) bond motifs is 1. The van der Waals surface area contributed by atoms with E-state index in [2.05, 4.69) is 4.99 Å². The van der Waals surface area contributed by atoms with Crippen molar-refractivity contribution in [2.24, 2.45) is 4.99 Å². The van der Waals surface area contributed by atoms with Gasteiger partial charge in [0.15, 0.2) is 12.4 Å². The van der Waals surface area contributed by atoms with Gasteiger partial charge in [-0.25, -0.2) is 0 Å². The molecule has 2 aromatic rings. The summed E-state index contributed by atoms with van der Waals surface area (Å²) in [5.74, 6) is 0. The number of ether oxygens (including phenoxy) is 1. The molecule has 1 aliphatic rings. The predicted octanol–water partition coefficient (Wildman–Crippen LogP) is 7.06. The summed E-state index contributed by atoms with van der Waals surface area (Å²) >= 11 is 0. The van der Waals surface area contributed by atoms with E-state index < -0.39 is 6.10 Å². The molecule has 3 rings (SSSR count). The molecule has 6 heteroatoms. The van der Waals surface area contributed by atoms with Crippen molar-refractivity contribution >= 4 is 23.7 Å². The normalized spacial score (nSPS) is 14.7. The number of amidine groups is 1. The van der Waals surface area contributed by atoms with Crippen LogP contribution in [0.25, 0.3) is 0 Å². The van der Waals surface area contributed by atoms with E-state index in [0.29, 0.717) is 13.2 Å². The third-order valence-corrected chi connectivity index (χ3v) is 6.25. The van der Waals surface area contributed by atoms with Gasteiger partial charge in [-0.3, -0.25) is 9.63 Å². The van der Waals surface area contributed by atoms with Crippen LogP contribution in [0, 0.1) is 0 Å². The van der Waals surface area contributed by atoms with Crippen LogP contribution in [0.15, 0.2) is 59.6 Å². The summed E-state index contributed by atoms with van der Waals surface area (Å²) in [5, 5.41) is 10.4. The molecule has 0 aliphatic carbocycles. The number of unbranched alkanes of at least 4 members (excludes halogenated alkanes) is 11. The van der Waals surface area contributed by atoms with Gasteiger partial charge in [-0.1, -0.05) is 101 Å². The number of anilines is 1. The zero-order valence-corrected chi connectivity index (χ0v) is 20.8. The highest BCUT2D eigenvalue weighted by atomic mass is 16.7. The molecule has 0 spiro atoms. The van der Waals surface area contributed by atoms with Crippen LogP contribution < -0.4 is 5.06 Å². The molecule has 1 N–H and O–H groups in total. The number of hydroxylamine groups is 1. The highest BCUT2D eigenvalue weighted by molar-refractivity contribution is 5.94. The van der Waals surface area contributed by atoms with Crippen LogP contribution in [-0.4, -0.2) is 30.6 Å². The number of nitrogens with zero attached hydrogens (tertiary/aromatic N) is 2. The van der Waals surface area contributed by atoms with Crippen LogP contribution in [0.1, 0.15) is 88.7 Å². The van der Waals surface area contributed by atoms with Crippen LogP contribution in [0.2, 0.25) is 0 Å². The second-order valence-electron chi connectivity index (χ2n) is 9.06. The van der Waals surface area contributed by atoms with Gasteiger partial charge in [0.1, 0.15) is 0 Å². The fourth-order valence-electron chi connectivity index (χ4n) is 4.27. The molecule has 1 unspecified atom stereocenters. The standard InChI is InChI=1S/C29H40N2O4/c32-22-16-9-7-5-3-1-2-4-6-8-10-17-23-34-31(25-18-12-11-13-19-25)29-30-27-21-15-14-20-26(27)28(24-33)35-29/h11-15,18-21,24,28,32H,1-10,16-17,22-23H2. The molecule has 0 saturated heterocycles. The van der Waals surface area contributed by atoms with Gasteiger partial charge < -0.3 is 9.84 Å². The van der Waals surface area contributed by atoms with E-state index in [1.165, 1.54) is 51.4 Å². The van der Waals surface area contributed by atoms with E-state index in [4.69, 9.17) is 14.7 Å². The van der Waals surface area contributed by atoms with Gasteiger partial charge in [-0.15, -0.1) is 0 Å². The van der Waals surface area contributed by atoms with Crippen molar-refractivity contribution in [3.63, 3.8) is 0 Å². The Labute approximate surface area is 209 Å². The largest absolute Gasteiger partial charge is 0.447 e. The minimum absolute atomic E-state index is 0.281. The summed E-state index contributed by atoms with van der Waals surface area (Å²) in [4.78, 5) is 22.4. The van der Waals surface area contributed by atoms with Crippen molar-refractivity contribution in [2.75, 3.05) is 18.3 Å². The molecule has 190 valence electrons. The average molecular weight is 481 g/mol. The number of hydrogen-bond acceptors (Lipinski definition) is 6. The van der Waals surface area contributed by atoms with Crippen LogP contribution in [0.4, 0.5) is 11.4 Å². The number of aldehydes is 1. The molecule has 1 heterocycles. The first-order chi connectivity index (χ1) is 17.3. The average Bonchev–Trinajstić information content (AvgIpc) is 2.91. The van der Waals surface area contributed by atoms with Crippen LogP contribution in [-0.2, 0) is 14.4 Å². The maximum atomic E-state index is 11.7. The van der Waals surface area contributed by atoms with Gasteiger partial charge in [-0.2, -0.15) is 10.1 Å². The minimum Gasteiger partial charge on any atom is -0.447 e. The van der Waals surface area contributed by atoms with Crippen molar-refractivity contribution in [1.29, 1.82) is 0 Å². The van der Waals surface area contributed by atoms with Crippen LogP contribution in [0.3, 0.4) is 0 Å². The third-order valence-electron chi connectivity index (χ3n) is 6.25. The Balaban J connectivity index is 1.40. The fourth-order valence-corrected chi connectivity index (χ4v) is 4.27. The highest BCUT2D eigenvalue weighted by Crippen LogP contribution is 2.33. The van der Waals surface area contributed by atoms with Gasteiger partial charge in [0.25, 0.3) is 0 Å². The fraction of sp³-hybridized carbons (Fsp3) is 0.517. The van der Waals surface area contributed by atoms with E-state index in [1.54, 1.807) is 5.06 Å². The number of aliphatic hydroxyl groups is 1. The maximum Gasteiger partial charge on any atom is 0.323 e. The Kier molecular flexibility index (Phi) is 12.3. The van der Waals surface area contributed by atoms with Crippen molar-refractivity contribution in [1.82, 2.24) is 0 Å². The lowest BCUT2D eigenvalue weighted by Gasteiger charge is -2.29. The Hall–Kier alpha value is -2.70. The molecule has 0 radical (unpaired) electrons. The molecular formula is C29H40N2O4. The van der Waals surface area contributed by atoms with E-state index in [-0.39, 0.29) is 6.02 Å². The number of aliphatic hydroxyl groups excluding tert-OH is 1. The molecule has 0 bridgehead atoms. The van der Waals surface area contributed by atoms with Gasteiger partial charge in [0, 0.05) is 12.2 Å². The molecule has 0 fully saturated rings. The lowest BCUT2D eigenvalue weighted by atomic mass is 10.1. The molecule has 1 atom stereocenters. The van der Waals surface area contributed by atoms with Crippen molar-refractivity contribution in [2.45, 2.75) is 83.2 Å². The Bertz CT molecular complexity index is 887. The van der Waals surface area contributed by atoms with E-state index in [0.717, 1.165) is 48.9 Å². The SMILES string of the molecule is O=CC1OC(N(OCCCCCCCCCCCCCCO)c2ccccc2)=Nc2ccccc21. The Morgan fingerprint density at radius 3 is 2.00 bits per heavy atom. The Morgan fingerprint density at radius 1 is 0.800 bits per heavy atom. The number of carbonyl (C=O) groups excluding carboxylic acids is 1. The van der Waals surface area contributed by atoms with Crippen LogP contribution >= 0.6 is 0 Å².